The van der Waals surface area contributed by atoms with Crippen molar-refractivity contribution in [2.24, 2.45) is 10.1 Å². The highest BCUT2D eigenvalue weighted by Crippen LogP contribution is 2.31. The van der Waals surface area contributed by atoms with Gasteiger partial charge in [0, 0.05) is 18.0 Å². The molecule has 0 amide bonds. The molecule has 0 fully saturated rings. The van der Waals surface area contributed by atoms with E-state index in [0.29, 0.717) is 5.84 Å². The van der Waals surface area contributed by atoms with Crippen LogP contribution in [0.4, 0.5) is 5.82 Å². The number of amidine groups is 1. The Kier molecular flexibility index (Phi) is 2.15. The van der Waals surface area contributed by atoms with Gasteiger partial charge in [-0.15, -0.1) is 0 Å². The predicted octanol–water partition coefficient (Wildman–Crippen LogP) is 1.86. The molecule has 0 aromatic carbocycles. The molecule has 3 rings (SSSR count). The minimum atomic E-state index is 0.493. The summed E-state index contributed by atoms with van der Waals surface area (Å²) >= 11 is 2.94. The molecular weight excluding hydrogens is 242 g/mol. The Morgan fingerprint density at radius 1 is 1.50 bits per heavy atom. The van der Waals surface area contributed by atoms with Crippen LogP contribution in [-0.2, 0) is 0 Å². The van der Waals surface area contributed by atoms with Crippen LogP contribution in [0.3, 0.4) is 0 Å². The molecule has 5 nitrogen and oxygen atoms in total. The Balaban J connectivity index is 2.13. The molecule has 1 aliphatic heterocycles. The number of hydrogen-bond acceptors (Lipinski definition) is 6. The number of imidazole rings is 1. The van der Waals surface area contributed by atoms with Gasteiger partial charge < -0.3 is 10.7 Å². The number of thiophene rings is 1. The Bertz CT molecular complexity index is 542. The van der Waals surface area contributed by atoms with Gasteiger partial charge in [0.1, 0.15) is 11.5 Å². The summed E-state index contributed by atoms with van der Waals surface area (Å²) in [7, 11) is 1.91. The SMILES string of the molecule is CN1SN=C(N)c2[nH]c(-c3ccsc3)nc21. The minimum absolute atomic E-state index is 0.493. The van der Waals surface area contributed by atoms with E-state index in [-0.39, 0.29) is 0 Å². The van der Waals surface area contributed by atoms with Crippen LogP contribution in [0.1, 0.15) is 5.69 Å². The van der Waals surface area contributed by atoms with E-state index in [1.165, 1.54) is 12.1 Å². The maximum atomic E-state index is 5.81. The highest BCUT2D eigenvalue weighted by molar-refractivity contribution is 7.99. The maximum absolute atomic E-state index is 5.81. The third-order valence-electron chi connectivity index (χ3n) is 2.30. The molecule has 3 N–H and O–H groups in total. The lowest BCUT2D eigenvalue weighted by atomic mass is 10.3. The van der Waals surface area contributed by atoms with Crippen LogP contribution in [0.15, 0.2) is 21.2 Å². The number of rotatable bonds is 1. The number of aromatic nitrogens is 2. The average Bonchev–Trinajstić information content (AvgIpc) is 2.90. The number of nitrogens with one attached hydrogen (secondary N) is 1. The van der Waals surface area contributed by atoms with Gasteiger partial charge >= 0.3 is 0 Å². The Labute approximate surface area is 101 Å². The van der Waals surface area contributed by atoms with E-state index in [1.807, 2.05) is 28.2 Å². The standard InChI is InChI=1S/C9H9N5S2/c1-14-9-6(7(10)13-16-14)11-8(12-9)5-2-3-15-4-5/h2-4H,1H3,(H2,10,13)(H,11,12). The Morgan fingerprint density at radius 3 is 3.06 bits per heavy atom. The van der Waals surface area contributed by atoms with Crippen molar-refractivity contribution in [3.8, 4) is 11.4 Å². The average molecular weight is 251 g/mol. The molecule has 16 heavy (non-hydrogen) atoms. The fourth-order valence-corrected chi connectivity index (χ4v) is 2.65. The zero-order valence-corrected chi connectivity index (χ0v) is 10.1. The third-order valence-corrected chi connectivity index (χ3v) is 3.67. The second-order valence-corrected chi connectivity index (χ2v) is 5.03. The number of anilines is 1. The molecule has 0 unspecified atom stereocenters. The fraction of sp³-hybridized carbons (Fsp3) is 0.111. The predicted molar refractivity (Wildman–Crippen MR) is 68.6 cm³/mol. The second-order valence-electron chi connectivity index (χ2n) is 3.35. The van der Waals surface area contributed by atoms with Crippen molar-refractivity contribution >= 4 is 35.1 Å². The van der Waals surface area contributed by atoms with Gasteiger partial charge in [-0.3, -0.25) is 4.31 Å². The van der Waals surface area contributed by atoms with E-state index in [9.17, 15) is 0 Å². The van der Waals surface area contributed by atoms with Gasteiger partial charge in [-0.1, -0.05) is 0 Å². The number of nitrogens with two attached hydrogens (primary N) is 1. The molecule has 7 heteroatoms. The lowest BCUT2D eigenvalue weighted by molar-refractivity contribution is 1.24. The number of H-pyrrole nitrogens is 1. The fourth-order valence-electron chi connectivity index (χ4n) is 1.50. The summed E-state index contributed by atoms with van der Waals surface area (Å²) in [4.78, 5) is 7.72. The van der Waals surface area contributed by atoms with E-state index in [0.717, 1.165) is 22.9 Å². The second kappa shape index (κ2) is 3.53. The molecule has 0 saturated carbocycles. The van der Waals surface area contributed by atoms with Crippen molar-refractivity contribution in [1.82, 2.24) is 9.97 Å². The first-order valence-electron chi connectivity index (χ1n) is 4.63. The summed E-state index contributed by atoms with van der Waals surface area (Å²) in [5.41, 5.74) is 7.68. The molecule has 0 spiro atoms. The van der Waals surface area contributed by atoms with Gasteiger partial charge in [0.15, 0.2) is 11.7 Å². The molecule has 0 saturated heterocycles. The maximum Gasteiger partial charge on any atom is 0.169 e. The summed E-state index contributed by atoms with van der Waals surface area (Å²) in [6.07, 6.45) is 0. The van der Waals surface area contributed by atoms with Crippen molar-refractivity contribution in [3.63, 3.8) is 0 Å². The van der Waals surface area contributed by atoms with Crippen LogP contribution in [0, 0.1) is 0 Å². The smallest absolute Gasteiger partial charge is 0.169 e. The normalized spacial score (nSPS) is 14.8. The first kappa shape index (κ1) is 9.73. The largest absolute Gasteiger partial charge is 0.381 e. The number of fused-ring (bicyclic) bond motifs is 1. The molecule has 0 bridgehead atoms. The van der Waals surface area contributed by atoms with Crippen molar-refractivity contribution in [3.05, 3.63) is 22.5 Å². The zero-order valence-electron chi connectivity index (χ0n) is 8.47. The van der Waals surface area contributed by atoms with E-state index in [2.05, 4.69) is 14.4 Å². The lowest BCUT2D eigenvalue weighted by Gasteiger charge is -2.17. The van der Waals surface area contributed by atoms with E-state index in [4.69, 9.17) is 5.73 Å². The Hall–Kier alpha value is -1.47. The Morgan fingerprint density at radius 2 is 2.38 bits per heavy atom. The van der Waals surface area contributed by atoms with Crippen LogP contribution in [0.25, 0.3) is 11.4 Å². The van der Waals surface area contributed by atoms with Crippen LogP contribution in [-0.4, -0.2) is 22.9 Å². The van der Waals surface area contributed by atoms with Crippen LogP contribution < -0.4 is 10.0 Å². The summed E-state index contributed by atoms with van der Waals surface area (Å²) < 4.78 is 6.00. The van der Waals surface area contributed by atoms with Crippen LogP contribution in [0.5, 0.6) is 0 Å². The number of nitrogens with zero attached hydrogens (tertiary/aromatic N) is 3. The van der Waals surface area contributed by atoms with Gasteiger partial charge in [-0.2, -0.15) is 15.7 Å². The molecule has 2 aromatic heterocycles. The van der Waals surface area contributed by atoms with E-state index < -0.39 is 0 Å². The van der Waals surface area contributed by atoms with Gasteiger partial charge in [-0.25, -0.2) is 4.98 Å². The van der Waals surface area contributed by atoms with Gasteiger partial charge in [0.05, 0.1) is 12.1 Å². The quantitative estimate of drug-likeness (QED) is 0.759. The van der Waals surface area contributed by atoms with Gasteiger partial charge in [-0.05, 0) is 11.4 Å². The molecule has 1 aliphatic rings. The third kappa shape index (κ3) is 1.40. The summed E-state index contributed by atoms with van der Waals surface area (Å²) in [5, 5.41) is 4.07. The molecule has 2 aromatic rings. The summed E-state index contributed by atoms with van der Waals surface area (Å²) in [6.45, 7) is 0. The monoisotopic (exact) mass is 251 g/mol. The van der Waals surface area contributed by atoms with Crippen molar-refractivity contribution in [2.75, 3.05) is 11.4 Å². The first-order chi connectivity index (χ1) is 7.75. The van der Waals surface area contributed by atoms with Crippen LogP contribution >= 0.6 is 23.5 Å². The van der Waals surface area contributed by atoms with Crippen molar-refractivity contribution in [1.29, 1.82) is 0 Å². The number of hydrogen-bond donors (Lipinski definition) is 2. The zero-order chi connectivity index (χ0) is 11.1. The topological polar surface area (TPSA) is 70.3 Å². The van der Waals surface area contributed by atoms with Crippen molar-refractivity contribution < 1.29 is 0 Å². The molecule has 82 valence electrons. The van der Waals surface area contributed by atoms with E-state index in [1.54, 1.807) is 11.3 Å². The first-order valence-corrected chi connectivity index (χ1v) is 6.30. The van der Waals surface area contributed by atoms with Crippen LogP contribution in [0.2, 0.25) is 0 Å². The minimum Gasteiger partial charge on any atom is -0.381 e. The van der Waals surface area contributed by atoms with Gasteiger partial charge in [0.25, 0.3) is 0 Å². The van der Waals surface area contributed by atoms with Crippen molar-refractivity contribution in [2.45, 2.75) is 0 Å². The van der Waals surface area contributed by atoms with E-state index >= 15 is 0 Å². The molecule has 0 atom stereocenters. The summed E-state index contributed by atoms with van der Waals surface area (Å²) in [5.74, 6) is 2.16. The highest BCUT2D eigenvalue weighted by atomic mass is 32.2. The molecule has 3 heterocycles. The summed E-state index contributed by atoms with van der Waals surface area (Å²) in [6, 6.07) is 2.02. The molecule has 0 aliphatic carbocycles. The van der Waals surface area contributed by atoms with Gasteiger partial charge in [0.2, 0.25) is 0 Å². The molecular formula is C9H9N5S2. The molecule has 0 radical (unpaired) electrons. The lowest BCUT2D eigenvalue weighted by Crippen LogP contribution is -2.22. The highest BCUT2D eigenvalue weighted by Gasteiger charge is 2.22. The number of aromatic amines is 1.